The molecule has 1 aliphatic heterocycles. The van der Waals surface area contributed by atoms with Gasteiger partial charge in [0.25, 0.3) is 11.8 Å². The molecule has 0 saturated heterocycles. The van der Waals surface area contributed by atoms with Gasteiger partial charge in [0.05, 0.1) is 23.8 Å². The number of rotatable bonds is 4. The maximum atomic E-state index is 12.5. The lowest BCUT2D eigenvalue weighted by Crippen LogP contribution is -2.27. The second-order valence-corrected chi connectivity index (χ2v) is 8.42. The summed E-state index contributed by atoms with van der Waals surface area (Å²) in [5.74, 6) is -0.550. The Morgan fingerprint density at radius 3 is 2.52 bits per heavy atom. The van der Waals surface area contributed by atoms with Gasteiger partial charge in [0, 0.05) is 26.2 Å². The Bertz CT molecular complexity index is 1000. The fraction of sp³-hybridized carbons (Fsp3) is 0.278. The SMILES string of the molecule is CN(C)C(=O)c1ccc(NC(=O)c2ccc3c(c2)CCN3S(C)(=O)=O)cn1. The van der Waals surface area contributed by atoms with E-state index in [9.17, 15) is 18.0 Å². The summed E-state index contributed by atoms with van der Waals surface area (Å²) >= 11 is 0. The predicted octanol–water partition coefficient (Wildman–Crippen LogP) is 1.36. The predicted molar refractivity (Wildman–Crippen MR) is 103 cm³/mol. The quantitative estimate of drug-likeness (QED) is 0.852. The molecule has 2 aromatic rings. The van der Waals surface area contributed by atoms with Gasteiger partial charge in [-0.05, 0) is 42.3 Å². The minimum absolute atomic E-state index is 0.220. The van der Waals surface area contributed by atoms with Crippen LogP contribution in [-0.2, 0) is 16.4 Å². The Labute approximate surface area is 157 Å². The molecule has 0 atom stereocenters. The zero-order valence-corrected chi connectivity index (χ0v) is 16.1. The Morgan fingerprint density at radius 2 is 1.93 bits per heavy atom. The van der Waals surface area contributed by atoms with Crippen molar-refractivity contribution in [3.05, 3.63) is 53.3 Å². The van der Waals surface area contributed by atoms with Gasteiger partial charge in [-0.15, -0.1) is 0 Å². The summed E-state index contributed by atoms with van der Waals surface area (Å²) in [5, 5.41) is 2.73. The van der Waals surface area contributed by atoms with Crippen LogP contribution in [-0.4, -0.2) is 57.0 Å². The van der Waals surface area contributed by atoms with Gasteiger partial charge in [-0.3, -0.25) is 13.9 Å². The van der Waals surface area contributed by atoms with Crippen LogP contribution in [0.25, 0.3) is 0 Å². The molecule has 0 radical (unpaired) electrons. The van der Waals surface area contributed by atoms with Crippen molar-refractivity contribution in [1.82, 2.24) is 9.88 Å². The molecule has 0 aliphatic carbocycles. The summed E-state index contributed by atoms with van der Waals surface area (Å²) in [5.41, 5.74) is 2.61. The Kier molecular flexibility index (Phi) is 4.88. The number of amides is 2. The number of anilines is 2. The average Bonchev–Trinajstić information content (AvgIpc) is 3.05. The fourth-order valence-corrected chi connectivity index (χ4v) is 3.84. The van der Waals surface area contributed by atoms with Crippen molar-refractivity contribution in [2.75, 3.05) is 36.5 Å². The minimum atomic E-state index is -3.32. The Balaban J connectivity index is 1.75. The maximum absolute atomic E-state index is 12.5. The molecule has 1 aromatic carbocycles. The van der Waals surface area contributed by atoms with Crippen molar-refractivity contribution >= 4 is 33.2 Å². The highest BCUT2D eigenvalue weighted by molar-refractivity contribution is 7.92. The molecule has 3 rings (SSSR count). The second-order valence-electron chi connectivity index (χ2n) is 6.51. The largest absolute Gasteiger partial charge is 0.343 e. The van der Waals surface area contributed by atoms with Gasteiger partial charge >= 0.3 is 0 Å². The van der Waals surface area contributed by atoms with Crippen molar-refractivity contribution in [1.29, 1.82) is 0 Å². The van der Waals surface area contributed by atoms with E-state index in [0.717, 1.165) is 5.56 Å². The van der Waals surface area contributed by atoms with Crippen LogP contribution in [0.4, 0.5) is 11.4 Å². The number of sulfonamides is 1. The number of benzene rings is 1. The highest BCUT2D eigenvalue weighted by Gasteiger charge is 2.26. The van der Waals surface area contributed by atoms with Crippen LogP contribution in [0.1, 0.15) is 26.4 Å². The van der Waals surface area contributed by atoms with Gasteiger partial charge in [0.2, 0.25) is 10.0 Å². The number of carbonyl (C=O) groups is 2. The average molecular weight is 388 g/mol. The monoisotopic (exact) mass is 388 g/mol. The van der Waals surface area contributed by atoms with Crippen LogP contribution in [0.15, 0.2) is 36.5 Å². The highest BCUT2D eigenvalue weighted by atomic mass is 32.2. The molecule has 9 heteroatoms. The van der Waals surface area contributed by atoms with Crippen molar-refractivity contribution in [3.8, 4) is 0 Å². The van der Waals surface area contributed by atoms with E-state index < -0.39 is 10.0 Å². The molecular weight excluding hydrogens is 368 g/mol. The van der Waals surface area contributed by atoms with Gasteiger partial charge in [-0.2, -0.15) is 0 Å². The summed E-state index contributed by atoms with van der Waals surface area (Å²) in [6, 6.07) is 8.10. The number of nitrogens with zero attached hydrogens (tertiary/aromatic N) is 3. The smallest absolute Gasteiger partial charge is 0.271 e. The Hall–Kier alpha value is -2.94. The normalized spacial score (nSPS) is 13.2. The minimum Gasteiger partial charge on any atom is -0.343 e. The molecule has 1 N–H and O–H groups in total. The number of aromatic nitrogens is 1. The number of pyridine rings is 1. The van der Waals surface area contributed by atoms with E-state index >= 15 is 0 Å². The van der Waals surface area contributed by atoms with Crippen molar-refractivity contribution in [2.45, 2.75) is 6.42 Å². The molecule has 0 unspecified atom stereocenters. The Morgan fingerprint density at radius 1 is 1.19 bits per heavy atom. The molecule has 142 valence electrons. The van der Waals surface area contributed by atoms with E-state index in [1.54, 1.807) is 44.4 Å². The highest BCUT2D eigenvalue weighted by Crippen LogP contribution is 2.30. The molecule has 2 amide bonds. The first-order chi connectivity index (χ1) is 12.7. The van der Waals surface area contributed by atoms with E-state index in [-0.39, 0.29) is 17.5 Å². The molecule has 0 spiro atoms. The maximum Gasteiger partial charge on any atom is 0.271 e. The van der Waals surface area contributed by atoms with Crippen LogP contribution < -0.4 is 9.62 Å². The number of carbonyl (C=O) groups excluding carboxylic acids is 2. The first-order valence-electron chi connectivity index (χ1n) is 8.26. The molecule has 0 fully saturated rings. The summed E-state index contributed by atoms with van der Waals surface area (Å²) in [4.78, 5) is 29.8. The molecule has 0 saturated carbocycles. The zero-order valence-electron chi connectivity index (χ0n) is 15.3. The third-order valence-electron chi connectivity index (χ3n) is 4.24. The van der Waals surface area contributed by atoms with E-state index in [2.05, 4.69) is 10.3 Å². The number of nitrogens with one attached hydrogen (secondary N) is 1. The second kappa shape index (κ2) is 6.99. The van der Waals surface area contributed by atoms with E-state index in [1.165, 1.54) is 21.7 Å². The van der Waals surface area contributed by atoms with Crippen LogP contribution >= 0.6 is 0 Å². The topological polar surface area (TPSA) is 99.7 Å². The lowest BCUT2D eigenvalue weighted by atomic mass is 10.1. The molecule has 2 heterocycles. The zero-order chi connectivity index (χ0) is 19.8. The van der Waals surface area contributed by atoms with Crippen molar-refractivity contribution in [2.24, 2.45) is 0 Å². The van der Waals surface area contributed by atoms with E-state index in [0.29, 0.717) is 29.9 Å². The molecule has 0 bridgehead atoms. The van der Waals surface area contributed by atoms with Gasteiger partial charge in [0.1, 0.15) is 5.69 Å². The molecule has 1 aromatic heterocycles. The molecular formula is C18H20N4O4S. The molecule has 1 aliphatic rings. The molecule has 8 nitrogen and oxygen atoms in total. The van der Waals surface area contributed by atoms with Crippen molar-refractivity contribution in [3.63, 3.8) is 0 Å². The van der Waals surface area contributed by atoms with Gasteiger partial charge in [0.15, 0.2) is 0 Å². The van der Waals surface area contributed by atoms with Gasteiger partial charge in [-0.25, -0.2) is 13.4 Å². The first kappa shape index (κ1) is 18.8. The van der Waals surface area contributed by atoms with Gasteiger partial charge < -0.3 is 10.2 Å². The summed E-state index contributed by atoms with van der Waals surface area (Å²) in [7, 11) is -0.0467. The summed E-state index contributed by atoms with van der Waals surface area (Å²) < 4.78 is 24.9. The van der Waals surface area contributed by atoms with Crippen LogP contribution in [0.2, 0.25) is 0 Å². The van der Waals surface area contributed by atoms with Crippen LogP contribution in [0.3, 0.4) is 0 Å². The number of fused-ring (bicyclic) bond motifs is 1. The lowest BCUT2D eigenvalue weighted by Gasteiger charge is -2.16. The van der Waals surface area contributed by atoms with E-state index in [4.69, 9.17) is 0 Å². The van der Waals surface area contributed by atoms with E-state index in [1.807, 2.05) is 0 Å². The third-order valence-corrected chi connectivity index (χ3v) is 5.42. The third kappa shape index (κ3) is 3.92. The lowest BCUT2D eigenvalue weighted by molar-refractivity contribution is 0.0822. The number of hydrogen-bond acceptors (Lipinski definition) is 5. The summed E-state index contributed by atoms with van der Waals surface area (Å²) in [6.07, 6.45) is 3.15. The van der Waals surface area contributed by atoms with Crippen LogP contribution in [0, 0.1) is 0 Å². The number of hydrogen-bond donors (Lipinski definition) is 1. The first-order valence-corrected chi connectivity index (χ1v) is 10.1. The fourth-order valence-electron chi connectivity index (χ4n) is 2.88. The van der Waals surface area contributed by atoms with Gasteiger partial charge in [-0.1, -0.05) is 0 Å². The summed E-state index contributed by atoms with van der Waals surface area (Å²) in [6.45, 7) is 0.379. The standard InChI is InChI=1S/C18H20N4O4S/c1-21(2)18(24)15-6-5-14(11-19-15)20-17(23)13-4-7-16-12(10-13)8-9-22(16)27(3,25)26/h4-7,10-11H,8-9H2,1-3H3,(H,20,23). The van der Waals surface area contributed by atoms with Crippen molar-refractivity contribution < 1.29 is 18.0 Å². The van der Waals surface area contributed by atoms with Crippen LogP contribution in [0.5, 0.6) is 0 Å². The molecule has 27 heavy (non-hydrogen) atoms.